The van der Waals surface area contributed by atoms with Crippen molar-refractivity contribution >= 4 is 5.91 Å². The number of rotatable bonds is 4. The first-order chi connectivity index (χ1) is 11.4. The van der Waals surface area contributed by atoms with Crippen molar-refractivity contribution < 1.29 is 23.7 Å². The molecule has 0 radical (unpaired) electrons. The molecule has 6 heteroatoms. The van der Waals surface area contributed by atoms with Gasteiger partial charge in [-0.1, -0.05) is 0 Å². The fourth-order valence-corrected chi connectivity index (χ4v) is 3.96. The van der Waals surface area contributed by atoms with Crippen molar-refractivity contribution in [1.82, 2.24) is 5.32 Å². The van der Waals surface area contributed by atoms with Gasteiger partial charge in [0.1, 0.15) is 11.5 Å². The highest BCUT2D eigenvalue weighted by molar-refractivity contribution is 5.74. The molecule has 1 N–H and O–H groups in total. The van der Waals surface area contributed by atoms with E-state index in [1.807, 2.05) is 19.1 Å². The molecule has 1 aliphatic carbocycles. The van der Waals surface area contributed by atoms with E-state index in [0.717, 1.165) is 29.0 Å². The molecule has 1 amide bonds. The molecule has 1 atom stereocenters. The van der Waals surface area contributed by atoms with Crippen molar-refractivity contribution in [2.45, 2.75) is 44.4 Å². The number of ether oxygens (including phenoxy) is 4. The molecule has 1 fully saturated rings. The molecule has 1 aliphatic heterocycles. The Morgan fingerprint density at radius 2 is 1.71 bits per heavy atom. The SMILES string of the molecule is COc1ccc(OC)c2c1CCC(NC(C)=O)(C1(C)OCCO1)C2. The van der Waals surface area contributed by atoms with Gasteiger partial charge in [0.15, 0.2) is 5.79 Å². The zero-order valence-corrected chi connectivity index (χ0v) is 14.7. The maximum Gasteiger partial charge on any atom is 0.217 e. The summed E-state index contributed by atoms with van der Waals surface area (Å²) in [5, 5.41) is 3.12. The van der Waals surface area contributed by atoms with Gasteiger partial charge in [-0.2, -0.15) is 0 Å². The Hall–Kier alpha value is -1.79. The largest absolute Gasteiger partial charge is 0.496 e. The summed E-state index contributed by atoms with van der Waals surface area (Å²) in [6.45, 7) is 4.49. The van der Waals surface area contributed by atoms with Gasteiger partial charge in [-0.05, 0) is 31.9 Å². The Morgan fingerprint density at radius 1 is 1.12 bits per heavy atom. The molecule has 24 heavy (non-hydrogen) atoms. The molecule has 1 aromatic rings. The van der Waals surface area contributed by atoms with E-state index in [4.69, 9.17) is 18.9 Å². The number of carbonyl (C=O) groups excluding carboxylic acids is 1. The fraction of sp³-hybridized carbons (Fsp3) is 0.611. The van der Waals surface area contributed by atoms with Crippen LogP contribution < -0.4 is 14.8 Å². The number of hydrogen-bond donors (Lipinski definition) is 1. The van der Waals surface area contributed by atoms with E-state index in [9.17, 15) is 4.79 Å². The second-order valence-electron chi connectivity index (χ2n) is 6.51. The first-order valence-electron chi connectivity index (χ1n) is 8.24. The quantitative estimate of drug-likeness (QED) is 0.909. The molecule has 6 nitrogen and oxygen atoms in total. The summed E-state index contributed by atoms with van der Waals surface area (Å²) in [6, 6.07) is 3.83. The van der Waals surface area contributed by atoms with E-state index < -0.39 is 11.3 Å². The predicted octanol–water partition coefficient (Wildman–Crippen LogP) is 1.83. The van der Waals surface area contributed by atoms with Gasteiger partial charge in [0, 0.05) is 24.5 Å². The van der Waals surface area contributed by atoms with Gasteiger partial charge in [0.05, 0.1) is 33.0 Å². The number of carbonyl (C=O) groups is 1. The maximum absolute atomic E-state index is 11.9. The Kier molecular flexibility index (Phi) is 4.44. The summed E-state index contributed by atoms with van der Waals surface area (Å²) in [7, 11) is 3.32. The first kappa shape index (κ1) is 17.0. The van der Waals surface area contributed by atoms with Crippen molar-refractivity contribution in [3.05, 3.63) is 23.3 Å². The third kappa shape index (κ3) is 2.63. The molecular formula is C18H25NO5. The molecule has 2 aliphatic rings. The van der Waals surface area contributed by atoms with Crippen molar-refractivity contribution in [3.63, 3.8) is 0 Å². The zero-order valence-electron chi connectivity index (χ0n) is 14.7. The van der Waals surface area contributed by atoms with Gasteiger partial charge >= 0.3 is 0 Å². The Morgan fingerprint density at radius 3 is 2.25 bits per heavy atom. The molecule has 0 aromatic heterocycles. The average Bonchev–Trinajstić information content (AvgIpc) is 3.01. The molecule has 1 aromatic carbocycles. The van der Waals surface area contributed by atoms with Crippen LogP contribution in [0.25, 0.3) is 0 Å². The van der Waals surface area contributed by atoms with Gasteiger partial charge in [0.25, 0.3) is 0 Å². The normalized spacial score (nSPS) is 25.0. The number of hydrogen-bond acceptors (Lipinski definition) is 5. The topological polar surface area (TPSA) is 66.0 Å². The first-order valence-corrected chi connectivity index (χ1v) is 8.24. The van der Waals surface area contributed by atoms with E-state index in [1.165, 1.54) is 6.92 Å². The van der Waals surface area contributed by atoms with Crippen LogP contribution in [-0.4, -0.2) is 44.7 Å². The van der Waals surface area contributed by atoms with E-state index >= 15 is 0 Å². The molecule has 1 heterocycles. The Balaban J connectivity index is 2.08. The summed E-state index contributed by atoms with van der Waals surface area (Å²) in [6.07, 6.45) is 2.02. The highest BCUT2D eigenvalue weighted by Gasteiger charge is 2.55. The second kappa shape index (κ2) is 6.26. The van der Waals surface area contributed by atoms with Crippen molar-refractivity contribution in [1.29, 1.82) is 0 Å². The monoisotopic (exact) mass is 335 g/mol. The highest BCUT2D eigenvalue weighted by Crippen LogP contribution is 2.45. The van der Waals surface area contributed by atoms with Gasteiger partial charge in [-0.25, -0.2) is 0 Å². The number of fused-ring (bicyclic) bond motifs is 1. The van der Waals surface area contributed by atoms with Gasteiger partial charge in [-0.3, -0.25) is 4.79 Å². The second-order valence-corrected chi connectivity index (χ2v) is 6.51. The van der Waals surface area contributed by atoms with Crippen LogP contribution in [-0.2, 0) is 27.1 Å². The van der Waals surface area contributed by atoms with E-state index in [-0.39, 0.29) is 5.91 Å². The molecule has 0 spiro atoms. The fourth-order valence-electron chi connectivity index (χ4n) is 3.96. The smallest absolute Gasteiger partial charge is 0.217 e. The van der Waals surface area contributed by atoms with E-state index in [1.54, 1.807) is 14.2 Å². The van der Waals surface area contributed by atoms with E-state index in [2.05, 4.69) is 5.32 Å². The molecule has 1 unspecified atom stereocenters. The summed E-state index contributed by atoms with van der Waals surface area (Å²) in [5.41, 5.74) is 1.53. The molecule has 0 bridgehead atoms. The summed E-state index contributed by atoms with van der Waals surface area (Å²) in [4.78, 5) is 11.9. The van der Waals surface area contributed by atoms with Crippen LogP contribution in [0.15, 0.2) is 12.1 Å². The van der Waals surface area contributed by atoms with Crippen molar-refractivity contribution in [2.75, 3.05) is 27.4 Å². The standard InChI is InChI=1S/C18H25NO5/c1-12(20)19-18(17(2)23-9-10-24-17)8-7-13-14(11-18)16(22-4)6-5-15(13)21-3/h5-6H,7-11H2,1-4H3,(H,19,20). The predicted molar refractivity (Wildman–Crippen MR) is 88.4 cm³/mol. The summed E-state index contributed by atoms with van der Waals surface area (Å²) in [5.74, 6) is 0.688. The van der Waals surface area contributed by atoms with Crippen LogP contribution in [0.4, 0.5) is 0 Å². The number of nitrogens with one attached hydrogen (secondary N) is 1. The van der Waals surface area contributed by atoms with Crippen LogP contribution in [0.3, 0.4) is 0 Å². The van der Waals surface area contributed by atoms with Crippen LogP contribution in [0.5, 0.6) is 11.5 Å². The third-order valence-corrected chi connectivity index (χ3v) is 5.19. The molecule has 1 saturated heterocycles. The lowest BCUT2D eigenvalue weighted by Gasteiger charge is -2.48. The van der Waals surface area contributed by atoms with Crippen LogP contribution >= 0.6 is 0 Å². The van der Waals surface area contributed by atoms with E-state index in [0.29, 0.717) is 26.1 Å². The van der Waals surface area contributed by atoms with Crippen LogP contribution in [0, 0.1) is 0 Å². The zero-order chi connectivity index (χ0) is 17.4. The van der Waals surface area contributed by atoms with Crippen molar-refractivity contribution in [3.8, 4) is 11.5 Å². The molecule has 3 rings (SSSR count). The number of methoxy groups -OCH3 is 2. The van der Waals surface area contributed by atoms with Gasteiger partial charge < -0.3 is 24.3 Å². The minimum absolute atomic E-state index is 0.0966. The molecule has 0 saturated carbocycles. The lowest BCUT2D eigenvalue weighted by molar-refractivity contribution is -0.205. The Labute approximate surface area is 142 Å². The number of amides is 1. The average molecular weight is 335 g/mol. The summed E-state index contributed by atoms with van der Waals surface area (Å²) >= 11 is 0. The lowest BCUT2D eigenvalue weighted by Crippen LogP contribution is -2.66. The maximum atomic E-state index is 11.9. The minimum atomic E-state index is -0.857. The van der Waals surface area contributed by atoms with Crippen molar-refractivity contribution in [2.24, 2.45) is 0 Å². The van der Waals surface area contributed by atoms with Gasteiger partial charge in [0.2, 0.25) is 5.91 Å². The molecular weight excluding hydrogens is 310 g/mol. The summed E-state index contributed by atoms with van der Waals surface area (Å²) < 4.78 is 22.9. The Bertz CT molecular complexity index is 639. The molecule has 132 valence electrons. The lowest BCUT2D eigenvalue weighted by atomic mass is 9.72. The van der Waals surface area contributed by atoms with Crippen LogP contribution in [0.2, 0.25) is 0 Å². The van der Waals surface area contributed by atoms with Gasteiger partial charge in [-0.15, -0.1) is 0 Å². The number of benzene rings is 1. The van der Waals surface area contributed by atoms with Crippen LogP contribution in [0.1, 0.15) is 31.4 Å². The minimum Gasteiger partial charge on any atom is -0.496 e. The third-order valence-electron chi connectivity index (χ3n) is 5.19. The highest BCUT2D eigenvalue weighted by atomic mass is 16.7.